The topological polar surface area (TPSA) is 112 Å². The molecule has 2 aromatic rings. The molecule has 0 aliphatic rings. The Hall–Kier alpha value is -2.19. The Morgan fingerprint density at radius 3 is 2.84 bits per heavy atom. The molecule has 0 unspecified atom stereocenters. The van der Waals surface area contributed by atoms with Gasteiger partial charge in [-0.05, 0) is 11.6 Å². The highest BCUT2D eigenvalue weighted by Crippen LogP contribution is 2.15. The van der Waals surface area contributed by atoms with Crippen molar-refractivity contribution in [1.82, 2.24) is 14.7 Å². The highest BCUT2D eigenvalue weighted by atomic mass is 32.2. The van der Waals surface area contributed by atoms with E-state index in [2.05, 4.69) is 14.7 Å². The van der Waals surface area contributed by atoms with Gasteiger partial charge in [-0.25, -0.2) is 18.1 Å². The Balaban J connectivity index is 2.32. The van der Waals surface area contributed by atoms with Gasteiger partial charge in [0.15, 0.2) is 5.75 Å². The van der Waals surface area contributed by atoms with Gasteiger partial charge < -0.3 is 10.1 Å². The standard InChI is InChI=1S/C11H11N3O4S/c15-9-6-12-10(14-11(9)16)8-3-1-2-7(4-8)5-13-19(17)18/h1-4,6,15,19H,5H2,(H,12,14,16)(H,13,17,18). The third kappa shape index (κ3) is 3.39. The Kier molecular flexibility index (Phi) is 3.93. The maximum Gasteiger partial charge on any atom is 0.293 e. The van der Waals surface area contributed by atoms with E-state index in [0.29, 0.717) is 11.4 Å². The minimum Gasteiger partial charge on any atom is -0.502 e. The van der Waals surface area contributed by atoms with Gasteiger partial charge >= 0.3 is 0 Å². The van der Waals surface area contributed by atoms with E-state index < -0.39 is 22.2 Å². The lowest BCUT2D eigenvalue weighted by molar-refractivity contribution is 0.463. The molecule has 0 amide bonds. The monoisotopic (exact) mass is 281 g/mol. The molecule has 0 spiro atoms. The molecule has 100 valence electrons. The van der Waals surface area contributed by atoms with Crippen molar-refractivity contribution in [2.75, 3.05) is 0 Å². The van der Waals surface area contributed by atoms with Crippen LogP contribution in [0, 0.1) is 0 Å². The zero-order chi connectivity index (χ0) is 13.8. The number of hydrogen-bond donors (Lipinski definition) is 4. The van der Waals surface area contributed by atoms with Gasteiger partial charge in [0.05, 0.1) is 6.20 Å². The summed E-state index contributed by atoms with van der Waals surface area (Å²) in [5, 5.41) is 9.11. The van der Waals surface area contributed by atoms with Crippen molar-refractivity contribution in [2.45, 2.75) is 6.54 Å². The molecule has 0 fully saturated rings. The molecule has 2 rings (SSSR count). The molecular weight excluding hydrogens is 270 g/mol. The van der Waals surface area contributed by atoms with E-state index in [1.165, 1.54) is 0 Å². The zero-order valence-electron chi connectivity index (χ0n) is 9.66. The minimum atomic E-state index is -2.65. The summed E-state index contributed by atoms with van der Waals surface area (Å²) in [6, 6.07) is 6.88. The second-order valence-corrected chi connectivity index (χ2v) is 4.57. The Labute approximate surface area is 110 Å². The van der Waals surface area contributed by atoms with E-state index >= 15 is 0 Å². The SMILES string of the molecule is O=c1[nH]c(-c2cccc(CN[SH](=O)=O)c2)ncc1O. The van der Waals surface area contributed by atoms with Crippen LogP contribution in [-0.4, -0.2) is 23.5 Å². The van der Waals surface area contributed by atoms with E-state index in [-0.39, 0.29) is 6.54 Å². The fraction of sp³-hybridized carbons (Fsp3) is 0.0909. The number of thiol groups is 1. The first-order valence-electron chi connectivity index (χ1n) is 5.32. The summed E-state index contributed by atoms with van der Waals surface area (Å²) < 4.78 is 23.2. The van der Waals surface area contributed by atoms with Crippen LogP contribution in [0.4, 0.5) is 0 Å². The summed E-state index contributed by atoms with van der Waals surface area (Å²) in [5.74, 6) is -0.152. The predicted molar refractivity (Wildman–Crippen MR) is 69.1 cm³/mol. The van der Waals surface area contributed by atoms with Crippen molar-refractivity contribution in [2.24, 2.45) is 0 Å². The van der Waals surface area contributed by atoms with Crippen LogP contribution >= 0.6 is 0 Å². The normalized spacial score (nSPS) is 10.8. The molecule has 0 radical (unpaired) electrons. The molecule has 1 aromatic heterocycles. The van der Waals surface area contributed by atoms with Crippen LogP contribution < -0.4 is 10.3 Å². The van der Waals surface area contributed by atoms with Gasteiger partial charge in [-0.15, -0.1) is 0 Å². The number of nitrogens with one attached hydrogen (secondary N) is 2. The Bertz CT molecular complexity index is 716. The van der Waals surface area contributed by atoms with Crippen LogP contribution in [0.25, 0.3) is 11.4 Å². The maximum absolute atomic E-state index is 11.3. The third-order valence-electron chi connectivity index (χ3n) is 2.39. The maximum atomic E-state index is 11.3. The van der Waals surface area contributed by atoms with E-state index in [1.807, 2.05) is 0 Å². The van der Waals surface area contributed by atoms with E-state index in [1.54, 1.807) is 24.3 Å². The summed E-state index contributed by atoms with van der Waals surface area (Å²) in [6.45, 7) is 0.162. The van der Waals surface area contributed by atoms with E-state index in [0.717, 1.165) is 11.8 Å². The van der Waals surface area contributed by atoms with Crippen molar-refractivity contribution in [3.8, 4) is 17.1 Å². The average molecular weight is 281 g/mol. The lowest BCUT2D eigenvalue weighted by Crippen LogP contribution is -2.10. The van der Waals surface area contributed by atoms with Gasteiger partial charge in [0, 0.05) is 12.1 Å². The quantitative estimate of drug-likeness (QED) is 0.578. The summed E-state index contributed by atoms with van der Waals surface area (Å²) in [4.78, 5) is 17.6. The number of H-pyrrole nitrogens is 1. The number of aromatic hydroxyl groups is 1. The molecule has 7 nitrogen and oxygen atoms in total. The Morgan fingerprint density at radius 2 is 2.16 bits per heavy atom. The molecule has 0 saturated heterocycles. The van der Waals surface area contributed by atoms with Crippen LogP contribution in [0.2, 0.25) is 0 Å². The first-order valence-corrected chi connectivity index (χ1v) is 6.49. The van der Waals surface area contributed by atoms with Gasteiger partial charge in [0.1, 0.15) is 5.82 Å². The largest absolute Gasteiger partial charge is 0.502 e. The zero-order valence-corrected chi connectivity index (χ0v) is 10.6. The summed E-state index contributed by atoms with van der Waals surface area (Å²) >= 11 is 0. The average Bonchev–Trinajstić information content (AvgIpc) is 2.40. The number of benzene rings is 1. The summed E-state index contributed by atoms with van der Waals surface area (Å²) in [5.41, 5.74) is 0.723. The van der Waals surface area contributed by atoms with Gasteiger partial charge in [0.2, 0.25) is 10.9 Å². The van der Waals surface area contributed by atoms with Gasteiger partial charge in [-0.3, -0.25) is 4.79 Å². The lowest BCUT2D eigenvalue weighted by atomic mass is 10.1. The number of aromatic nitrogens is 2. The Morgan fingerprint density at radius 1 is 1.37 bits per heavy atom. The molecule has 0 atom stereocenters. The number of hydrogen-bond acceptors (Lipinski definition) is 5. The van der Waals surface area contributed by atoms with Crippen molar-refractivity contribution in [3.63, 3.8) is 0 Å². The molecule has 3 N–H and O–H groups in total. The van der Waals surface area contributed by atoms with Crippen molar-refractivity contribution < 1.29 is 13.5 Å². The van der Waals surface area contributed by atoms with E-state index in [9.17, 15) is 13.2 Å². The molecule has 0 aliphatic carbocycles. The van der Waals surface area contributed by atoms with Gasteiger partial charge in [-0.1, -0.05) is 18.2 Å². The van der Waals surface area contributed by atoms with Crippen LogP contribution in [0.5, 0.6) is 5.75 Å². The first kappa shape index (κ1) is 13.2. The van der Waals surface area contributed by atoms with Crippen LogP contribution in [0.1, 0.15) is 5.56 Å². The predicted octanol–water partition coefficient (Wildman–Crippen LogP) is -0.242. The molecule has 0 bridgehead atoms. The second-order valence-electron chi connectivity index (χ2n) is 3.74. The smallest absolute Gasteiger partial charge is 0.293 e. The third-order valence-corrected chi connectivity index (χ3v) is 2.81. The molecule has 1 heterocycles. The van der Waals surface area contributed by atoms with Crippen LogP contribution in [-0.2, 0) is 17.4 Å². The highest BCUT2D eigenvalue weighted by molar-refractivity contribution is 7.70. The number of nitrogens with zero attached hydrogens (tertiary/aromatic N) is 1. The summed E-state index contributed by atoms with van der Waals surface area (Å²) in [6.07, 6.45) is 1.06. The first-order chi connectivity index (χ1) is 9.06. The fourth-order valence-corrected chi connectivity index (χ4v) is 1.83. The van der Waals surface area contributed by atoms with Crippen LogP contribution in [0.15, 0.2) is 35.3 Å². The minimum absolute atomic E-state index is 0.162. The lowest BCUT2D eigenvalue weighted by Gasteiger charge is -2.04. The molecule has 19 heavy (non-hydrogen) atoms. The van der Waals surface area contributed by atoms with E-state index in [4.69, 9.17) is 5.11 Å². The van der Waals surface area contributed by atoms with Crippen molar-refractivity contribution in [3.05, 3.63) is 46.4 Å². The highest BCUT2D eigenvalue weighted by Gasteiger charge is 2.04. The van der Waals surface area contributed by atoms with Crippen LogP contribution in [0.3, 0.4) is 0 Å². The number of rotatable bonds is 4. The molecule has 1 aromatic carbocycles. The van der Waals surface area contributed by atoms with Crippen molar-refractivity contribution >= 4 is 10.9 Å². The molecule has 0 aliphatic heterocycles. The summed E-state index contributed by atoms with van der Waals surface area (Å²) in [7, 11) is -2.65. The fourth-order valence-electron chi connectivity index (χ4n) is 1.52. The molecular formula is C11H11N3O4S. The second kappa shape index (κ2) is 5.63. The van der Waals surface area contributed by atoms with Gasteiger partial charge in [-0.2, -0.15) is 0 Å². The number of aromatic amines is 1. The molecule has 8 heteroatoms. The van der Waals surface area contributed by atoms with Crippen molar-refractivity contribution in [1.29, 1.82) is 0 Å². The van der Waals surface area contributed by atoms with Gasteiger partial charge in [0.25, 0.3) is 5.56 Å². The molecule has 0 saturated carbocycles.